The SMILES string of the molecule is Cc1ccc(Sc2c(C)nn(-c3ccccc3)c2OC(=O)c2cccc(C)c2)cc1. The van der Waals surface area contributed by atoms with Gasteiger partial charge in [0.25, 0.3) is 0 Å². The highest BCUT2D eigenvalue weighted by Crippen LogP contribution is 2.39. The predicted octanol–water partition coefficient (Wildman–Crippen LogP) is 6.17. The van der Waals surface area contributed by atoms with Gasteiger partial charge in [0.1, 0.15) is 0 Å². The Bertz CT molecular complexity index is 1180. The minimum atomic E-state index is -0.401. The summed E-state index contributed by atoms with van der Waals surface area (Å²) in [6.07, 6.45) is 0. The Morgan fingerprint density at radius 2 is 1.60 bits per heavy atom. The van der Waals surface area contributed by atoms with Crippen molar-refractivity contribution in [3.8, 4) is 11.6 Å². The van der Waals surface area contributed by atoms with Crippen LogP contribution in [0.2, 0.25) is 0 Å². The van der Waals surface area contributed by atoms with Gasteiger partial charge in [0.15, 0.2) is 0 Å². The third-order valence-electron chi connectivity index (χ3n) is 4.65. The first-order valence-electron chi connectivity index (χ1n) is 9.69. The molecule has 3 aromatic carbocycles. The molecular formula is C25H22N2O2S. The lowest BCUT2D eigenvalue weighted by atomic mass is 10.1. The summed E-state index contributed by atoms with van der Waals surface area (Å²) in [5, 5.41) is 4.68. The number of aryl methyl sites for hydroxylation is 3. The normalized spacial score (nSPS) is 10.8. The van der Waals surface area contributed by atoms with Crippen molar-refractivity contribution in [2.75, 3.05) is 0 Å². The summed E-state index contributed by atoms with van der Waals surface area (Å²) in [6.45, 7) is 5.94. The first-order valence-corrected chi connectivity index (χ1v) is 10.5. The number of carbonyl (C=O) groups excluding carboxylic acids is 1. The summed E-state index contributed by atoms with van der Waals surface area (Å²) in [6, 6.07) is 25.3. The summed E-state index contributed by atoms with van der Waals surface area (Å²) in [5.74, 6) is 0.0253. The second-order valence-corrected chi connectivity index (χ2v) is 8.22. The van der Waals surface area contributed by atoms with E-state index in [1.54, 1.807) is 22.5 Å². The Morgan fingerprint density at radius 3 is 2.30 bits per heavy atom. The maximum absolute atomic E-state index is 12.9. The Balaban J connectivity index is 1.76. The number of benzene rings is 3. The van der Waals surface area contributed by atoms with E-state index >= 15 is 0 Å². The second-order valence-electron chi connectivity index (χ2n) is 7.14. The molecule has 0 radical (unpaired) electrons. The number of rotatable bonds is 5. The number of esters is 1. The zero-order valence-corrected chi connectivity index (χ0v) is 17.9. The maximum Gasteiger partial charge on any atom is 0.344 e. The minimum absolute atomic E-state index is 0.401. The van der Waals surface area contributed by atoms with Crippen LogP contribution >= 0.6 is 11.8 Å². The fourth-order valence-corrected chi connectivity index (χ4v) is 4.00. The highest BCUT2D eigenvalue weighted by Gasteiger charge is 2.22. The molecule has 1 aromatic heterocycles. The lowest BCUT2D eigenvalue weighted by Crippen LogP contribution is -2.12. The molecule has 0 aliphatic rings. The lowest BCUT2D eigenvalue weighted by molar-refractivity contribution is 0.0718. The maximum atomic E-state index is 12.9. The van der Waals surface area contributed by atoms with E-state index < -0.39 is 5.97 Å². The molecule has 0 spiro atoms. The van der Waals surface area contributed by atoms with E-state index in [2.05, 4.69) is 36.3 Å². The van der Waals surface area contributed by atoms with Crippen molar-refractivity contribution in [2.24, 2.45) is 0 Å². The van der Waals surface area contributed by atoms with Crippen LogP contribution in [0.15, 0.2) is 88.7 Å². The molecule has 0 aliphatic carbocycles. The number of hydrogen-bond acceptors (Lipinski definition) is 4. The first kappa shape index (κ1) is 20.0. The predicted molar refractivity (Wildman–Crippen MR) is 120 cm³/mol. The number of nitrogens with zero attached hydrogens (tertiary/aromatic N) is 2. The third kappa shape index (κ3) is 4.31. The van der Waals surface area contributed by atoms with Gasteiger partial charge in [-0.05, 0) is 57.2 Å². The fourth-order valence-electron chi connectivity index (χ4n) is 3.09. The van der Waals surface area contributed by atoms with Crippen molar-refractivity contribution >= 4 is 17.7 Å². The number of ether oxygens (including phenoxy) is 1. The monoisotopic (exact) mass is 414 g/mol. The summed E-state index contributed by atoms with van der Waals surface area (Å²) in [7, 11) is 0. The molecule has 0 bridgehead atoms. The standard InChI is InChI=1S/C25H22N2O2S/c1-17-12-14-22(15-13-17)30-23-19(3)26-27(21-10-5-4-6-11-21)24(23)29-25(28)20-9-7-8-18(2)16-20/h4-16H,1-3H3. The summed E-state index contributed by atoms with van der Waals surface area (Å²) in [4.78, 5) is 14.8. The van der Waals surface area contributed by atoms with E-state index in [0.29, 0.717) is 11.4 Å². The van der Waals surface area contributed by atoms with E-state index in [-0.39, 0.29) is 0 Å². The average Bonchev–Trinajstić information content (AvgIpc) is 3.05. The van der Waals surface area contributed by atoms with Crippen LogP contribution in [0.25, 0.3) is 5.69 Å². The molecule has 0 saturated carbocycles. The minimum Gasteiger partial charge on any atom is -0.402 e. The van der Waals surface area contributed by atoms with E-state index in [4.69, 9.17) is 4.74 Å². The van der Waals surface area contributed by atoms with Gasteiger partial charge in [0.2, 0.25) is 5.88 Å². The first-order chi connectivity index (χ1) is 14.5. The van der Waals surface area contributed by atoms with Crippen LogP contribution in [-0.4, -0.2) is 15.7 Å². The molecule has 30 heavy (non-hydrogen) atoms. The van der Waals surface area contributed by atoms with E-state index in [1.165, 1.54) is 5.56 Å². The molecule has 5 heteroatoms. The molecule has 1 heterocycles. The van der Waals surface area contributed by atoms with Crippen molar-refractivity contribution in [3.63, 3.8) is 0 Å². The van der Waals surface area contributed by atoms with Crippen molar-refractivity contribution < 1.29 is 9.53 Å². The topological polar surface area (TPSA) is 44.1 Å². The van der Waals surface area contributed by atoms with Gasteiger partial charge in [0.05, 0.1) is 21.8 Å². The van der Waals surface area contributed by atoms with Gasteiger partial charge in [-0.3, -0.25) is 0 Å². The smallest absolute Gasteiger partial charge is 0.344 e. The lowest BCUT2D eigenvalue weighted by Gasteiger charge is -2.10. The van der Waals surface area contributed by atoms with Crippen LogP contribution in [0.3, 0.4) is 0 Å². The van der Waals surface area contributed by atoms with Crippen LogP contribution < -0.4 is 4.74 Å². The van der Waals surface area contributed by atoms with Gasteiger partial charge in [-0.1, -0.05) is 65.4 Å². The van der Waals surface area contributed by atoms with Gasteiger partial charge < -0.3 is 4.74 Å². The van der Waals surface area contributed by atoms with Gasteiger partial charge >= 0.3 is 5.97 Å². The Hall–Kier alpha value is -3.31. The quantitative estimate of drug-likeness (QED) is 0.366. The molecule has 0 amide bonds. The molecule has 0 fully saturated rings. The third-order valence-corrected chi connectivity index (χ3v) is 5.83. The van der Waals surface area contributed by atoms with E-state index in [1.807, 2.05) is 62.4 Å². The number of para-hydroxylation sites is 1. The highest BCUT2D eigenvalue weighted by molar-refractivity contribution is 7.99. The van der Waals surface area contributed by atoms with Crippen LogP contribution in [-0.2, 0) is 0 Å². The molecule has 0 aliphatic heterocycles. The highest BCUT2D eigenvalue weighted by atomic mass is 32.2. The van der Waals surface area contributed by atoms with Crippen LogP contribution in [0.4, 0.5) is 0 Å². The largest absolute Gasteiger partial charge is 0.402 e. The van der Waals surface area contributed by atoms with Gasteiger partial charge in [0, 0.05) is 4.90 Å². The van der Waals surface area contributed by atoms with Crippen molar-refractivity contribution in [3.05, 3.63) is 101 Å². The molecule has 0 saturated heterocycles. The van der Waals surface area contributed by atoms with Gasteiger partial charge in [-0.2, -0.15) is 9.78 Å². The van der Waals surface area contributed by atoms with Gasteiger partial charge in [-0.25, -0.2) is 4.79 Å². The second kappa shape index (κ2) is 8.59. The van der Waals surface area contributed by atoms with E-state index in [0.717, 1.165) is 26.7 Å². The molecular weight excluding hydrogens is 392 g/mol. The Kier molecular flexibility index (Phi) is 5.72. The van der Waals surface area contributed by atoms with Crippen molar-refractivity contribution in [1.29, 1.82) is 0 Å². The zero-order chi connectivity index (χ0) is 21.1. The summed E-state index contributed by atoms with van der Waals surface area (Å²) in [5.41, 5.74) is 4.35. The molecule has 150 valence electrons. The fraction of sp³-hybridized carbons (Fsp3) is 0.120. The zero-order valence-electron chi connectivity index (χ0n) is 17.1. The van der Waals surface area contributed by atoms with Gasteiger partial charge in [-0.15, -0.1) is 0 Å². The molecule has 4 aromatic rings. The molecule has 4 rings (SSSR count). The van der Waals surface area contributed by atoms with Crippen LogP contribution in [0.5, 0.6) is 5.88 Å². The molecule has 0 unspecified atom stereocenters. The summed E-state index contributed by atoms with van der Waals surface area (Å²) >= 11 is 1.54. The molecule has 0 N–H and O–H groups in total. The molecule has 4 nitrogen and oxygen atoms in total. The Labute approximate surface area is 180 Å². The molecule has 0 atom stereocenters. The number of carbonyl (C=O) groups is 1. The van der Waals surface area contributed by atoms with Crippen molar-refractivity contribution in [1.82, 2.24) is 9.78 Å². The van der Waals surface area contributed by atoms with Crippen LogP contribution in [0, 0.1) is 20.8 Å². The average molecular weight is 415 g/mol. The number of aromatic nitrogens is 2. The Morgan fingerprint density at radius 1 is 0.867 bits per heavy atom. The van der Waals surface area contributed by atoms with E-state index in [9.17, 15) is 4.79 Å². The van der Waals surface area contributed by atoms with Crippen molar-refractivity contribution in [2.45, 2.75) is 30.6 Å². The summed E-state index contributed by atoms with van der Waals surface area (Å²) < 4.78 is 7.62. The number of hydrogen-bond donors (Lipinski definition) is 0. The van der Waals surface area contributed by atoms with Crippen LogP contribution in [0.1, 0.15) is 27.2 Å².